The van der Waals surface area contributed by atoms with Crippen LogP contribution in [0.25, 0.3) is 0 Å². The molecule has 2 nitrogen and oxygen atoms in total. The molecular formula is C4H7NO. The zero-order valence-electron chi connectivity index (χ0n) is 3.46. The van der Waals surface area contributed by atoms with Crippen molar-refractivity contribution in [2.75, 3.05) is 6.54 Å². The standard InChI is InChI=1S/C4H7NO/c6-5-3-1-2-4-5/h1,3,6H,2,4H2. The number of hydroxylamine groups is 2. The van der Waals surface area contributed by atoms with Crippen molar-refractivity contribution in [1.29, 1.82) is 0 Å². The van der Waals surface area contributed by atoms with Gasteiger partial charge < -0.3 is 0 Å². The number of hydrogen-bond acceptors (Lipinski definition) is 2. The molecule has 6 heavy (non-hydrogen) atoms. The van der Waals surface area contributed by atoms with Gasteiger partial charge in [0.1, 0.15) is 0 Å². The van der Waals surface area contributed by atoms with Gasteiger partial charge in [-0.05, 0) is 6.42 Å². The van der Waals surface area contributed by atoms with Gasteiger partial charge in [-0.25, -0.2) is 0 Å². The summed E-state index contributed by atoms with van der Waals surface area (Å²) in [6, 6.07) is 0. The van der Waals surface area contributed by atoms with Crippen LogP contribution in [-0.2, 0) is 0 Å². The lowest BCUT2D eigenvalue weighted by Gasteiger charge is -1.99. The van der Waals surface area contributed by atoms with Gasteiger partial charge in [0.15, 0.2) is 0 Å². The van der Waals surface area contributed by atoms with Crippen molar-refractivity contribution in [2.24, 2.45) is 0 Å². The minimum absolute atomic E-state index is 0.764. The molecule has 0 saturated carbocycles. The molecular weight excluding hydrogens is 78.0 g/mol. The molecule has 0 aromatic carbocycles. The lowest BCUT2D eigenvalue weighted by Crippen LogP contribution is -2.05. The highest BCUT2D eigenvalue weighted by atomic mass is 16.5. The fourth-order valence-electron chi connectivity index (χ4n) is 0.478. The van der Waals surface area contributed by atoms with Crippen LogP contribution in [0.4, 0.5) is 0 Å². The van der Waals surface area contributed by atoms with Crippen molar-refractivity contribution in [3.63, 3.8) is 0 Å². The summed E-state index contributed by atoms with van der Waals surface area (Å²) in [6.45, 7) is 0.764. The molecule has 0 spiro atoms. The summed E-state index contributed by atoms with van der Waals surface area (Å²) in [6.07, 6.45) is 4.58. The second-order valence-corrected chi connectivity index (χ2v) is 1.34. The normalized spacial score (nSPS) is 19.8. The molecule has 2 heteroatoms. The van der Waals surface area contributed by atoms with Crippen molar-refractivity contribution in [3.05, 3.63) is 12.3 Å². The third kappa shape index (κ3) is 0.518. The summed E-state index contributed by atoms with van der Waals surface area (Å²) in [7, 11) is 0. The second kappa shape index (κ2) is 1.30. The summed E-state index contributed by atoms with van der Waals surface area (Å²) in [5, 5.41) is 9.66. The molecule has 0 aromatic heterocycles. The van der Waals surface area contributed by atoms with Gasteiger partial charge >= 0.3 is 0 Å². The van der Waals surface area contributed by atoms with E-state index in [2.05, 4.69) is 0 Å². The van der Waals surface area contributed by atoms with Crippen LogP contribution in [0.15, 0.2) is 12.3 Å². The zero-order valence-corrected chi connectivity index (χ0v) is 3.46. The third-order valence-corrected chi connectivity index (χ3v) is 0.802. The third-order valence-electron chi connectivity index (χ3n) is 0.802. The van der Waals surface area contributed by atoms with Gasteiger partial charge in [-0.2, -0.15) is 0 Å². The molecule has 0 atom stereocenters. The maximum atomic E-state index is 8.48. The van der Waals surface area contributed by atoms with Crippen LogP contribution in [0.1, 0.15) is 6.42 Å². The van der Waals surface area contributed by atoms with Gasteiger partial charge in [0.25, 0.3) is 0 Å². The molecule has 0 radical (unpaired) electrons. The Bertz CT molecular complexity index is 69.9. The Morgan fingerprint density at radius 3 is 2.67 bits per heavy atom. The summed E-state index contributed by atoms with van der Waals surface area (Å²) < 4.78 is 0. The van der Waals surface area contributed by atoms with E-state index in [1.165, 1.54) is 5.06 Å². The first-order valence-electron chi connectivity index (χ1n) is 2.02. The van der Waals surface area contributed by atoms with E-state index in [1.807, 2.05) is 6.08 Å². The summed E-state index contributed by atoms with van der Waals surface area (Å²) in [5.74, 6) is 0. The van der Waals surface area contributed by atoms with Crippen molar-refractivity contribution < 1.29 is 5.21 Å². The summed E-state index contributed by atoms with van der Waals surface area (Å²) in [5.41, 5.74) is 0. The van der Waals surface area contributed by atoms with Gasteiger partial charge in [0.05, 0.1) is 0 Å². The number of nitrogens with zero attached hydrogens (tertiary/aromatic N) is 1. The Morgan fingerprint density at radius 1 is 1.67 bits per heavy atom. The Labute approximate surface area is 36.6 Å². The highest BCUT2D eigenvalue weighted by Crippen LogP contribution is 1.97. The van der Waals surface area contributed by atoms with Gasteiger partial charge in [-0.3, -0.25) is 10.3 Å². The SMILES string of the molecule is ON1C=CCC1. The number of hydrogen-bond donors (Lipinski definition) is 1. The lowest BCUT2D eigenvalue weighted by molar-refractivity contribution is -0.0307. The average molecular weight is 85.1 g/mol. The quantitative estimate of drug-likeness (QED) is 0.465. The van der Waals surface area contributed by atoms with E-state index in [-0.39, 0.29) is 0 Å². The maximum Gasteiger partial charge on any atom is 0.0481 e. The van der Waals surface area contributed by atoms with E-state index in [1.54, 1.807) is 6.20 Å². The molecule has 0 aromatic rings. The Hall–Kier alpha value is -0.500. The maximum absolute atomic E-state index is 8.48. The molecule has 1 aliphatic rings. The molecule has 0 unspecified atom stereocenters. The molecule has 0 bridgehead atoms. The van der Waals surface area contributed by atoms with Gasteiger partial charge in [0, 0.05) is 12.7 Å². The van der Waals surface area contributed by atoms with Gasteiger partial charge in [-0.15, -0.1) is 0 Å². The smallest absolute Gasteiger partial charge is 0.0481 e. The largest absolute Gasteiger partial charge is 0.289 e. The summed E-state index contributed by atoms with van der Waals surface area (Å²) in [4.78, 5) is 0. The fourth-order valence-corrected chi connectivity index (χ4v) is 0.478. The number of rotatable bonds is 0. The van der Waals surface area contributed by atoms with E-state index >= 15 is 0 Å². The van der Waals surface area contributed by atoms with Crippen LogP contribution in [0, 0.1) is 0 Å². The van der Waals surface area contributed by atoms with Gasteiger partial charge in [-0.1, -0.05) is 6.08 Å². The average Bonchev–Trinajstić information content (AvgIpc) is 1.86. The molecule has 0 amide bonds. The molecule has 0 fully saturated rings. The highest BCUT2D eigenvalue weighted by molar-refractivity contribution is 4.85. The monoisotopic (exact) mass is 85.1 g/mol. The Morgan fingerprint density at radius 2 is 2.50 bits per heavy atom. The first-order chi connectivity index (χ1) is 2.89. The first-order valence-corrected chi connectivity index (χ1v) is 2.02. The Kier molecular flexibility index (Phi) is 0.801. The molecule has 0 saturated heterocycles. The van der Waals surface area contributed by atoms with Gasteiger partial charge in [0.2, 0.25) is 0 Å². The predicted molar refractivity (Wildman–Crippen MR) is 22.2 cm³/mol. The van der Waals surface area contributed by atoms with E-state index in [0.717, 1.165) is 13.0 Å². The van der Waals surface area contributed by atoms with Crippen LogP contribution < -0.4 is 0 Å². The predicted octanol–water partition coefficient (Wildman–Crippen LogP) is 0.595. The summed E-state index contributed by atoms with van der Waals surface area (Å²) >= 11 is 0. The van der Waals surface area contributed by atoms with Crippen molar-refractivity contribution in [3.8, 4) is 0 Å². The molecule has 34 valence electrons. The molecule has 0 aliphatic carbocycles. The molecule has 1 rings (SSSR count). The minimum atomic E-state index is 0.764. The van der Waals surface area contributed by atoms with E-state index in [4.69, 9.17) is 5.21 Å². The molecule has 1 heterocycles. The van der Waals surface area contributed by atoms with Crippen molar-refractivity contribution in [1.82, 2.24) is 5.06 Å². The van der Waals surface area contributed by atoms with Crippen LogP contribution >= 0.6 is 0 Å². The van der Waals surface area contributed by atoms with Crippen molar-refractivity contribution in [2.45, 2.75) is 6.42 Å². The Balaban J connectivity index is 2.38. The van der Waals surface area contributed by atoms with E-state index in [9.17, 15) is 0 Å². The van der Waals surface area contributed by atoms with Crippen molar-refractivity contribution >= 4 is 0 Å². The minimum Gasteiger partial charge on any atom is -0.289 e. The topological polar surface area (TPSA) is 23.5 Å². The lowest BCUT2D eigenvalue weighted by atomic mass is 10.5. The second-order valence-electron chi connectivity index (χ2n) is 1.34. The molecule has 1 N–H and O–H groups in total. The van der Waals surface area contributed by atoms with E-state index < -0.39 is 0 Å². The molecule has 1 aliphatic heterocycles. The van der Waals surface area contributed by atoms with Crippen LogP contribution in [-0.4, -0.2) is 16.8 Å². The highest BCUT2D eigenvalue weighted by Gasteiger charge is 1.95. The van der Waals surface area contributed by atoms with Crippen LogP contribution in [0.3, 0.4) is 0 Å². The zero-order chi connectivity index (χ0) is 4.41. The van der Waals surface area contributed by atoms with Crippen LogP contribution in [0.2, 0.25) is 0 Å². The first kappa shape index (κ1) is 3.68. The van der Waals surface area contributed by atoms with Crippen LogP contribution in [0.5, 0.6) is 0 Å². The fraction of sp³-hybridized carbons (Fsp3) is 0.500. The van der Waals surface area contributed by atoms with E-state index in [0.29, 0.717) is 0 Å².